The zero-order valence-electron chi connectivity index (χ0n) is 18.4. The highest BCUT2D eigenvalue weighted by Crippen LogP contribution is 2.27. The molecule has 1 N–H and O–H groups in total. The summed E-state index contributed by atoms with van der Waals surface area (Å²) in [4.78, 5) is 13.2. The molecule has 0 spiro atoms. The van der Waals surface area contributed by atoms with E-state index < -0.39 is 31.8 Å². The Morgan fingerprint density at radius 1 is 0.969 bits per heavy atom. The number of piperidine rings is 1. The fourth-order valence-corrected chi connectivity index (χ4v) is 5.82. The van der Waals surface area contributed by atoms with E-state index >= 15 is 0 Å². The molecular formula is C22H28N2O6S2. The number of nitrogens with zero attached hydrogens (tertiary/aromatic N) is 1. The largest absolute Gasteiger partial charge is 0.496 e. The molecule has 1 fully saturated rings. The molecular weight excluding hydrogens is 452 g/mol. The van der Waals surface area contributed by atoms with Crippen molar-refractivity contribution in [1.82, 2.24) is 9.62 Å². The fourth-order valence-electron chi connectivity index (χ4n) is 3.64. The van der Waals surface area contributed by atoms with Crippen molar-refractivity contribution in [3.8, 4) is 5.75 Å². The molecule has 1 amide bonds. The molecule has 0 saturated carbocycles. The highest BCUT2D eigenvalue weighted by atomic mass is 32.2. The highest BCUT2D eigenvalue weighted by molar-refractivity contribution is 7.90. The van der Waals surface area contributed by atoms with Gasteiger partial charge in [0.05, 0.1) is 28.5 Å². The van der Waals surface area contributed by atoms with Crippen LogP contribution in [0.15, 0.2) is 52.3 Å². The molecule has 8 nitrogen and oxygen atoms in total. The molecule has 32 heavy (non-hydrogen) atoms. The molecule has 2 aromatic carbocycles. The second kappa shape index (κ2) is 9.60. The second-order valence-corrected chi connectivity index (χ2v) is 11.8. The van der Waals surface area contributed by atoms with Gasteiger partial charge in [0, 0.05) is 19.3 Å². The zero-order valence-corrected chi connectivity index (χ0v) is 20.0. The Kier molecular flexibility index (Phi) is 7.26. The molecule has 1 aliphatic heterocycles. The minimum Gasteiger partial charge on any atom is -0.496 e. The van der Waals surface area contributed by atoms with E-state index in [1.807, 2.05) is 0 Å². The molecule has 3 rings (SSSR count). The van der Waals surface area contributed by atoms with Crippen molar-refractivity contribution >= 4 is 25.8 Å². The number of rotatable bonds is 7. The number of nitrogens with one attached hydrogen (secondary N) is 1. The molecule has 1 aliphatic rings. The van der Waals surface area contributed by atoms with Crippen molar-refractivity contribution in [2.24, 2.45) is 0 Å². The van der Waals surface area contributed by atoms with Gasteiger partial charge >= 0.3 is 0 Å². The second-order valence-electron chi connectivity index (χ2n) is 7.86. The Labute approximate surface area is 189 Å². The average Bonchev–Trinajstić information content (AvgIpc) is 2.78. The molecule has 0 aromatic heterocycles. The van der Waals surface area contributed by atoms with Gasteiger partial charge in [-0.1, -0.05) is 18.6 Å². The topological polar surface area (TPSA) is 110 Å². The lowest BCUT2D eigenvalue weighted by Crippen LogP contribution is -2.35. The average molecular weight is 481 g/mol. The van der Waals surface area contributed by atoms with Crippen molar-refractivity contribution in [2.45, 2.75) is 42.0 Å². The van der Waals surface area contributed by atoms with Crippen LogP contribution in [0.5, 0.6) is 5.75 Å². The summed E-state index contributed by atoms with van der Waals surface area (Å²) in [6.07, 6.45) is 3.77. The molecule has 1 heterocycles. The lowest BCUT2D eigenvalue weighted by Gasteiger charge is -2.26. The third-order valence-electron chi connectivity index (χ3n) is 5.52. The minimum absolute atomic E-state index is 0.0514. The van der Waals surface area contributed by atoms with Crippen LogP contribution in [0.1, 0.15) is 48.1 Å². The van der Waals surface area contributed by atoms with Crippen molar-refractivity contribution in [2.75, 3.05) is 26.5 Å². The van der Waals surface area contributed by atoms with Gasteiger partial charge in [0.15, 0.2) is 9.84 Å². The predicted octanol–water partition coefficient (Wildman–Crippen LogP) is 2.76. The van der Waals surface area contributed by atoms with Gasteiger partial charge in [0.2, 0.25) is 10.0 Å². The summed E-state index contributed by atoms with van der Waals surface area (Å²) in [5, 5.41) is 2.83. The van der Waals surface area contributed by atoms with E-state index in [1.165, 1.54) is 41.7 Å². The SMILES string of the molecule is COc1ccc(S(=O)(=O)N2CCCCC2)cc1C(=O)N[C@H](C)c1ccc(S(C)(=O)=O)cc1. The first kappa shape index (κ1) is 24.2. The smallest absolute Gasteiger partial charge is 0.255 e. The third kappa shape index (κ3) is 5.31. The maximum absolute atomic E-state index is 13.0. The van der Waals surface area contributed by atoms with Crippen LogP contribution in [0.2, 0.25) is 0 Å². The summed E-state index contributed by atoms with van der Waals surface area (Å²) in [6.45, 7) is 2.70. The summed E-state index contributed by atoms with van der Waals surface area (Å²) in [5.74, 6) is -0.225. The molecule has 2 aromatic rings. The summed E-state index contributed by atoms with van der Waals surface area (Å²) in [6, 6.07) is 10.1. The fraction of sp³-hybridized carbons (Fsp3) is 0.409. The Morgan fingerprint density at radius 2 is 1.56 bits per heavy atom. The number of carbonyl (C=O) groups is 1. The maximum Gasteiger partial charge on any atom is 0.255 e. The monoisotopic (exact) mass is 480 g/mol. The van der Waals surface area contributed by atoms with Crippen LogP contribution in [0.4, 0.5) is 0 Å². The van der Waals surface area contributed by atoms with Gasteiger partial charge in [0.25, 0.3) is 5.91 Å². The number of hydrogen-bond acceptors (Lipinski definition) is 6. The Hall–Kier alpha value is -2.43. The maximum atomic E-state index is 13.0. The van der Waals surface area contributed by atoms with E-state index in [4.69, 9.17) is 4.74 Å². The predicted molar refractivity (Wildman–Crippen MR) is 121 cm³/mol. The summed E-state index contributed by atoms with van der Waals surface area (Å²) < 4.78 is 56.1. The van der Waals surface area contributed by atoms with E-state index in [-0.39, 0.29) is 21.1 Å². The van der Waals surface area contributed by atoms with Crippen LogP contribution >= 0.6 is 0 Å². The van der Waals surface area contributed by atoms with Crippen LogP contribution < -0.4 is 10.1 Å². The molecule has 174 valence electrons. The quantitative estimate of drug-likeness (QED) is 0.653. The minimum atomic E-state index is -3.70. The van der Waals surface area contributed by atoms with E-state index in [2.05, 4.69) is 5.32 Å². The van der Waals surface area contributed by atoms with Crippen LogP contribution in [0, 0.1) is 0 Å². The van der Waals surface area contributed by atoms with Crippen LogP contribution in [0.3, 0.4) is 0 Å². The number of carbonyl (C=O) groups excluding carboxylic acids is 1. The number of sulfonamides is 1. The standard InChI is InChI=1S/C22H28N2O6S2/c1-16(17-7-9-18(10-8-17)31(3,26)27)23-22(25)20-15-19(11-12-21(20)30-2)32(28,29)24-13-5-4-6-14-24/h7-12,15-16H,4-6,13-14H2,1-3H3,(H,23,25)/t16-/m1/s1. The van der Waals surface area contributed by atoms with E-state index in [0.717, 1.165) is 25.5 Å². The molecule has 0 aliphatic carbocycles. The normalized spacial score (nSPS) is 16.3. The Morgan fingerprint density at radius 3 is 2.12 bits per heavy atom. The number of sulfone groups is 1. The highest BCUT2D eigenvalue weighted by Gasteiger charge is 2.28. The number of amides is 1. The number of methoxy groups -OCH3 is 1. The number of hydrogen-bond donors (Lipinski definition) is 1. The van der Waals surface area contributed by atoms with Gasteiger partial charge < -0.3 is 10.1 Å². The van der Waals surface area contributed by atoms with Crippen molar-refractivity contribution in [3.05, 3.63) is 53.6 Å². The van der Waals surface area contributed by atoms with Crippen LogP contribution in [0.25, 0.3) is 0 Å². The van der Waals surface area contributed by atoms with Crippen molar-refractivity contribution in [3.63, 3.8) is 0 Å². The number of ether oxygens (including phenoxy) is 1. The zero-order chi connectivity index (χ0) is 23.5. The van der Waals surface area contributed by atoms with Gasteiger partial charge in [-0.2, -0.15) is 4.31 Å². The van der Waals surface area contributed by atoms with E-state index in [1.54, 1.807) is 19.1 Å². The third-order valence-corrected chi connectivity index (χ3v) is 8.55. The van der Waals surface area contributed by atoms with Gasteiger partial charge in [-0.05, 0) is 55.7 Å². The van der Waals surface area contributed by atoms with Crippen molar-refractivity contribution < 1.29 is 26.4 Å². The lowest BCUT2D eigenvalue weighted by atomic mass is 10.1. The van der Waals surface area contributed by atoms with E-state index in [0.29, 0.717) is 18.7 Å². The van der Waals surface area contributed by atoms with Crippen LogP contribution in [-0.4, -0.2) is 53.5 Å². The van der Waals surface area contributed by atoms with Gasteiger partial charge in [-0.25, -0.2) is 16.8 Å². The molecule has 10 heteroatoms. The van der Waals surface area contributed by atoms with Gasteiger partial charge in [-0.3, -0.25) is 4.79 Å². The molecule has 0 radical (unpaired) electrons. The first-order valence-corrected chi connectivity index (χ1v) is 13.7. The lowest BCUT2D eigenvalue weighted by molar-refractivity contribution is 0.0936. The number of benzene rings is 2. The van der Waals surface area contributed by atoms with Gasteiger partial charge in [0.1, 0.15) is 5.75 Å². The van der Waals surface area contributed by atoms with Crippen LogP contribution in [-0.2, 0) is 19.9 Å². The summed E-state index contributed by atoms with van der Waals surface area (Å²) in [7, 11) is -5.60. The molecule has 1 saturated heterocycles. The van der Waals surface area contributed by atoms with E-state index in [9.17, 15) is 21.6 Å². The molecule has 0 unspecified atom stereocenters. The first-order chi connectivity index (χ1) is 15.0. The Balaban J connectivity index is 1.84. The summed E-state index contributed by atoms with van der Waals surface area (Å²) >= 11 is 0. The summed E-state index contributed by atoms with van der Waals surface area (Å²) in [5.41, 5.74) is 0.826. The molecule has 1 atom stereocenters. The van der Waals surface area contributed by atoms with Gasteiger partial charge in [-0.15, -0.1) is 0 Å². The van der Waals surface area contributed by atoms with Crippen molar-refractivity contribution in [1.29, 1.82) is 0 Å². The first-order valence-electron chi connectivity index (χ1n) is 10.3. The molecule has 0 bridgehead atoms. The Bertz CT molecular complexity index is 1190.